The van der Waals surface area contributed by atoms with Gasteiger partial charge in [-0.25, -0.2) is 34.1 Å². The highest BCUT2D eigenvalue weighted by Crippen LogP contribution is 2.28. The summed E-state index contributed by atoms with van der Waals surface area (Å²) in [6, 6.07) is 32.0. The minimum atomic E-state index is -0.996. The Balaban J connectivity index is 1.12. The van der Waals surface area contributed by atoms with Gasteiger partial charge in [-0.1, -0.05) is 307 Å². The quantitative estimate of drug-likeness (QED) is 0.0106. The van der Waals surface area contributed by atoms with Gasteiger partial charge < -0.3 is 56.6 Å². The number of hydrogen-bond donors (Lipinski definition) is 7. The van der Waals surface area contributed by atoms with E-state index in [1.54, 1.807) is 48.5 Å². The van der Waals surface area contributed by atoms with Gasteiger partial charge in [-0.3, -0.25) is 28.8 Å². The molecule has 6 amide bonds. The number of hydrogen-bond acceptors (Lipinski definition) is 18. The fourth-order valence-electron chi connectivity index (χ4n) is 14.0. The number of esters is 4. The maximum atomic E-state index is 14.6. The van der Waals surface area contributed by atoms with E-state index in [-0.39, 0.29) is 88.5 Å². The van der Waals surface area contributed by atoms with E-state index in [2.05, 4.69) is 74.5 Å². The zero-order valence-electron chi connectivity index (χ0n) is 71.9. The second-order valence-corrected chi connectivity index (χ2v) is 31.1. The van der Waals surface area contributed by atoms with Crippen molar-refractivity contribution in [3.8, 4) is 0 Å². The third-order valence-electron chi connectivity index (χ3n) is 20.9. The van der Waals surface area contributed by atoms with E-state index >= 15 is 0 Å². The zero-order chi connectivity index (χ0) is 86.4. The number of nitrogens with zero attached hydrogens (tertiary/aromatic N) is 3. The summed E-state index contributed by atoms with van der Waals surface area (Å²) >= 11 is 0. The SMILES string of the molecule is CCCCCCCCCCCCOC(=O)c1ccccc1NC(=O)c1cc(NC(=O)c2cc(N)cc(C(=O)Nc3cc(C(=O)Nc4ccccc4C(=O)OCCCCCCCCCCCC)nc(C(=O)Nc4ccccc4C(=O)OCCCCCCCCCCCC)c3)n2)cc(C(=O)Nc2ccccc2C(=O)OCCCCCCCCCCCC)n1. The molecule has 0 atom stereocenters. The number of benzene rings is 4. The summed E-state index contributed by atoms with van der Waals surface area (Å²) in [5.74, 6) is -8.33. The fraction of sp³-hybridized carbons (Fsp3) is 0.495. The van der Waals surface area contributed by atoms with Gasteiger partial charge in [-0.15, -0.1) is 0 Å². The molecule has 3 heterocycles. The summed E-state index contributed by atoms with van der Waals surface area (Å²) in [4.78, 5) is 155. The Bertz CT molecular complexity index is 3920. The van der Waals surface area contributed by atoms with Crippen LogP contribution in [0.3, 0.4) is 0 Å². The highest BCUT2D eigenvalue weighted by atomic mass is 16.5. The van der Waals surface area contributed by atoms with Crippen LogP contribution in [0.5, 0.6) is 0 Å². The highest BCUT2D eigenvalue weighted by Gasteiger charge is 2.26. The van der Waals surface area contributed by atoms with Gasteiger partial charge in [0, 0.05) is 17.1 Å². The largest absolute Gasteiger partial charge is 0.462 e. The van der Waals surface area contributed by atoms with E-state index < -0.39 is 93.5 Å². The van der Waals surface area contributed by atoms with Crippen LogP contribution in [0.2, 0.25) is 0 Å². The number of ether oxygens (including phenoxy) is 4. The minimum Gasteiger partial charge on any atom is -0.462 e. The molecule has 0 bridgehead atoms. The first kappa shape index (κ1) is 97.0. The molecule has 8 N–H and O–H groups in total. The van der Waals surface area contributed by atoms with Gasteiger partial charge in [-0.2, -0.15) is 0 Å². The lowest BCUT2D eigenvalue weighted by molar-refractivity contribution is 0.0489. The van der Waals surface area contributed by atoms with Crippen LogP contribution in [0.1, 0.15) is 389 Å². The second kappa shape index (κ2) is 57.1. The summed E-state index contributed by atoms with van der Waals surface area (Å²) in [6.07, 6.45) is 43.8. The van der Waals surface area contributed by atoms with Crippen molar-refractivity contribution in [2.45, 2.75) is 285 Å². The first-order valence-electron chi connectivity index (χ1n) is 44.7. The Hall–Kier alpha value is -11.2. The van der Waals surface area contributed by atoms with Crippen LogP contribution in [-0.4, -0.2) is 101 Å². The predicted molar refractivity (Wildman–Crippen MR) is 479 cm³/mol. The predicted octanol–water partition coefficient (Wildman–Crippen LogP) is 23.3. The van der Waals surface area contributed by atoms with Gasteiger partial charge in [0.25, 0.3) is 35.4 Å². The third kappa shape index (κ3) is 36.4. The summed E-state index contributed by atoms with van der Waals surface area (Å²) < 4.78 is 22.7. The van der Waals surface area contributed by atoms with Crippen molar-refractivity contribution in [3.63, 3.8) is 0 Å². The molecule has 3 aromatic heterocycles. The fourth-order valence-corrected chi connectivity index (χ4v) is 14.0. The van der Waals surface area contributed by atoms with E-state index in [1.165, 1.54) is 213 Å². The lowest BCUT2D eigenvalue weighted by Crippen LogP contribution is -2.23. The smallest absolute Gasteiger partial charge is 0.340 e. The first-order valence-corrected chi connectivity index (χ1v) is 44.7. The molecule has 0 aliphatic heterocycles. The Labute approximate surface area is 715 Å². The zero-order valence-corrected chi connectivity index (χ0v) is 71.9. The number of nitrogens with two attached hydrogens (primary N) is 1. The van der Waals surface area contributed by atoms with Crippen molar-refractivity contribution in [1.82, 2.24) is 15.0 Å². The lowest BCUT2D eigenvalue weighted by atomic mass is 10.1. The third-order valence-corrected chi connectivity index (χ3v) is 20.9. The van der Waals surface area contributed by atoms with E-state index in [0.717, 1.165) is 103 Å². The molecule has 121 heavy (non-hydrogen) atoms. The Morgan fingerprint density at radius 2 is 0.413 bits per heavy atom. The second-order valence-electron chi connectivity index (χ2n) is 31.1. The van der Waals surface area contributed by atoms with Crippen molar-refractivity contribution in [2.24, 2.45) is 0 Å². The number of unbranched alkanes of at least 4 members (excludes halogenated alkanes) is 36. The molecule has 7 aromatic rings. The summed E-state index contributed by atoms with van der Waals surface area (Å²) in [5, 5.41) is 16.2. The molecule has 0 aliphatic rings. The van der Waals surface area contributed by atoms with Crippen LogP contribution in [0, 0.1) is 0 Å². The number of nitrogens with one attached hydrogen (secondary N) is 6. The molecule has 0 radical (unpaired) electrons. The number of pyridine rings is 3. The van der Waals surface area contributed by atoms with Gasteiger partial charge in [0.05, 0.1) is 71.4 Å². The van der Waals surface area contributed by atoms with Gasteiger partial charge in [-0.05, 0) is 111 Å². The molecule has 4 aromatic carbocycles. The highest BCUT2D eigenvalue weighted by molar-refractivity contribution is 6.14. The van der Waals surface area contributed by atoms with Gasteiger partial charge >= 0.3 is 23.9 Å². The van der Waals surface area contributed by atoms with Crippen LogP contribution < -0.4 is 37.6 Å². The topological polar surface area (TPSA) is 344 Å². The molecular formula is C97H130N10O14. The molecular weight excluding hydrogens is 1530 g/mol. The number of carbonyl (C=O) groups is 10. The molecule has 24 nitrogen and oxygen atoms in total. The van der Waals surface area contributed by atoms with Crippen LogP contribution in [0.15, 0.2) is 133 Å². The Morgan fingerprint density at radius 1 is 0.240 bits per heavy atom. The van der Waals surface area contributed by atoms with Crippen molar-refractivity contribution in [2.75, 3.05) is 64.1 Å². The van der Waals surface area contributed by atoms with E-state index in [9.17, 15) is 47.9 Å². The number of carbonyl (C=O) groups excluding carboxylic acids is 10. The van der Waals surface area contributed by atoms with Gasteiger partial charge in [0.2, 0.25) is 0 Å². The van der Waals surface area contributed by atoms with Gasteiger partial charge in [0.15, 0.2) is 0 Å². The van der Waals surface area contributed by atoms with E-state index in [0.29, 0.717) is 25.7 Å². The Kier molecular flexibility index (Phi) is 45.8. The monoisotopic (exact) mass is 1660 g/mol. The van der Waals surface area contributed by atoms with Crippen molar-refractivity contribution < 1.29 is 66.9 Å². The van der Waals surface area contributed by atoms with Crippen LogP contribution in [0.4, 0.5) is 39.8 Å². The number of aromatic nitrogens is 3. The number of amides is 6. The van der Waals surface area contributed by atoms with Crippen LogP contribution in [-0.2, 0) is 18.9 Å². The van der Waals surface area contributed by atoms with E-state index in [1.807, 2.05) is 0 Å². The molecule has 0 unspecified atom stereocenters. The molecule has 24 heteroatoms. The van der Waals surface area contributed by atoms with Crippen molar-refractivity contribution in [1.29, 1.82) is 0 Å². The standard InChI is InChI=1S/C97H130N10O14/c1-5-9-13-17-21-25-29-33-37-49-61-118-94(114)74-53-41-45-57-78(74)104-90(110)84-67-72(68-85(102-84)91(111)105-79-58-46-42-54-75(79)95(115)119-62-50-38-34-30-26-22-18-14-10-6-2)99-88(108)82-65-71(98)66-83(101-82)89(109)100-73-69-86(92(112)106-80-59-47-43-55-76(80)96(116)120-63-51-39-35-31-27-23-19-15-11-7-3)103-87(70-73)93(113)107-81-60-48-44-56-77(81)97(117)121-64-52-40-36-32-28-24-20-16-12-8-4/h41-48,53-60,65-70H,5-40,49-52,61-64H2,1-4H3,(H2,98,101)(H,104,110)(H,105,111)(H,106,112)(H,107,113)(H,99,102,108)(H,100,103,109). The number of nitrogen functional groups attached to an aromatic ring is 1. The molecule has 0 saturated heterocycles. The normalized spacial score (nSPS) is 11.0. The maximum Gasteiger partial charge on any atom is 0.340 e. The molecule has 652 valence electrons. The minimum absolute atomic E-state index is 0.0492. The molecule has 0 fully saturated rings. The number of anilines is 7. The number of para-hydroxylation sites is 4. The maximum absolute atomic E-state index is 14.6. The van der Waals surface area contributed by atoms with Crippen molar-refractivity contribution in [3.05, 3.63) is 190 Å². The lowest BCUT2D eigenvalue weighted by Gasteiger charge is -2.14. The summed E-state index contributed by atoms with van der Waals surface area (Å²) in [6.45, 7) is 9.45. The average molecular weight is 1660 g/mol. The number of rotatable bonds is 60. The van der Waals surface area contributed by atoms with Crippen LogP contribution >= 0.6 is 0 Å². The van der Waals surface area contributed by atoms with Gasteiger partial charge in [0.1, 0.15) is 34.2 Å². The van der Waals surface area contributed by atoms with E-state index in [4.69, 9.17) is 24.7 Å². The molecule has 0 aliphatic carbocycles. The average Bonchev–Trinajstić information content (AvgIpc) is 0.808. The molecule has 0 spiro atoms. The Morgan fingerprint density at radius 3 is 0.620 bits per heavy atom. The molecule has 0 saturated carbocycles. The molecule has 7 rings (SSSR count). The summed E-state index contributed by atoms with van der Waals surface area (Å²) in [7, 11) is 0. The first-order chi connectivity index (χ1) is 59.0. The summed E-state index contributed by atoms with van der Waals surface area (Å²) in [5.41, 5.74) is 3.87. The van der Waals surface area contributed by atoms with Crippen molar-refractivity contribution >= 4 is 99.1 Å². The van der Waals surface area contributed by atoms with Crippen LogP contribution in [0.25, 0.3) is 0 Å².